The summed E-state index contributed by atoms with van der Waals surface area (Å²) in [7, 11) is 0. The predicted octanol–water partition coefficient (Wildman–Crippen LogP) is 2.85. The molecule has 0 unspecified atom stereocenters. The fourth-order valence-corrected chi connectivity index (χ4v) is 1.83. The molecule has 16 heavy (non-hydrogen) atoms. The van der Waals surface area contributed by atoms with Crippen LogP contribution in [0.4, 0.5) is 8.78 Å². The molecule has 0 bridgehead atoms. The molecule has 0 amide bonds. The third-order valence-electron chi connectivity index (χ3n) is 2.07. The Kier molecular flexibility index (Phi) is 3.05. The number of hydrogen-bond donors (Lipinski definition) is 0. The van der Waals surface area contributed by atoms with E-state index in [0.29, 0.717) is 11.3 Å². The summed E-state index contributed by atoms with van der Waals surface area (Å²) in [6.07, 6.45) is 0.0287. The van der Waals surface area contributed by atoms with E-state index in [2.05, 4.69) is 4.98 Å². The summed E-state index contributed by atoms with van der Waals surface area (Å²) in [6, 6.07) is 3.43. The van der Waals surface area contributed by atoms with Gasteiger partial charge in [-0.15, -0.1) is 11.3 Å². The number of carbonyl (C=O) groups excluding carboxylic acids is 1. The fourth-order valence-electron chi connectivity index (χ4n) is 1.28. The normalized spacial score (nSPS) is 10.4. The average molecular weight is 239 g/mol. The number of rotatable bonds is 3. The van der Waals surface area contributed by atoms with Gasteiger partial charge in [-0.2, -0.15) is 0 Å². The van der Waals surface area contributed by atoms with E-state index < -0.39 is 11.6 Å². The molecule has 0 spiro atoms. The molecule has 2 nitrogen and oxygen atoms in total. The Morgan fingerprint density at radius 1 is 1.31 bits per heavy atom. The van der Waals surface area contributed by atoms with Gasteiger partial charge in [0.15, 0.2) is 17.4 Å². The Balaban J connectivity index is 2.15. The number of Topliss-reactive ketones (excluding diaryl/α,β-unsaturated/α-hetero) is 1. The standard InChI is InChI=1S/C11H7F2NOS/c12-8-2-1-7(3-9(8)13)4-11(15)10-5-16-6-14-10/h1-3,5-6H,4H2. The van der Waals surface area contributed by atoms with E-state index in [1.807, 2.05) is 0 Å². The van der Waals surface area contributed by atoms with Gasteiger partial charge in [-0.1, -0.05) is 6.07 Å². The summed E-state index contributed by atoms with van der Waals surface area (Å²) >= 11 is 1.32. The van der Waals surface area contributed by atoms with E-state index in [4.69, 9.17) is 0 Å². The fraction of sp³-hybridized carbons (Fsp3) is 0.0909. The minimum Gasteiger partial charge on any atom is -0.292 e. The lowest BCUT2D eigenvalue weighted by Crippen LogP contribution is -2.04. The van der Waals surface area contributed by atoms with Gasteiger partial charge in [0.25, 0.3) is 0 Å². The molecule has 0 aliphatic heterocycles. The highest BCUT2D eigenvalue weighted by Gasteiger charge is 2.10. The molecular weight excluding hydrogens is 232 g/mol. The van der Waals surface area contributed by atoms with Crippen LogP contribution in [-0.4, -0.2) is 10.8 Å². The smallest absolute Gasteiger partial charge is 0.186 e. The quantitative estimate of drug-likeness (QED) is 0.771. The number of ketones is 1. The summed E-state index contributed by atoms with van der Waals surface area (Å²) in [4.78, 5) is 15.5. The van der Waals surface area contributed by atoms with Gasteiger partial charge in [-0.3, -0.25) is 4.79 Å². The molecule has 2 aromatic rings. The first kappa shape index (κ1) is 10.9. The number of aromatic nitrogens is 1. The van der Waals surface area contributed by atoms with Gasteiger partial charge in [-0.05, 0) is 17.7 Å². The Bertz CT molecular complexity index is 511. The van der Waals surface area contributed by atoms with Gasteiger partial charge in [0.05, 0.1) is 5.51 Å². The summed E-state index contributed by atoms with van der Waals surface area (Å²) in [5.74, 6) is -2.05. The highest BCUT2D eigenvalue weighted by atomic mass is 32.1. The van der Waals surface area contributed by atoms with E-state index in [1.54, 1.807) is 10.9 Å². The van der Waals surface area contributed by atoms with Crippen molar-refractivity contribution in [1.29, 1.82) is 0 Å². The van der Waals surface area contributed by atoms with Crippen LogP contribution < -0.4 is 0 Å². The van der Waals surface area contributed by atoms with Crippen LogP contribution in [0.5, 0.6) is 0 Å². The van der Waals surface area contributed by atoms with Crippen molar-refractivity contribution in [3.63, 3.8) is 0 Å². The van der Waals surface area contributed by atoms with Crippen LogP contribution in [-0.2, 0) is 6.42 Å². The average Bonchev–Trinajstić information content (AvgIpc) is 2.77. The molecular formula is C11H7F2NOS. The topological polar surface area (TPSA) is 30.0 Å². The molecule has 1 aromatic heterocycles. The van der Waals surface area contributed by atoms with Crippen molar-refractivity contribution in [2.75, 3.05) is 0 Å². The van der Waals surface area contributed by atoms with Crippen molar-refractivity contribution in [3.05, 3.63) is 52.0 Å². The molecule has 0 saturated heterocycles. The van der Waals surface area contributed by atoms with E-state index in [9.17, 15) is 13.6 Å². The minimum absolute atomic E-state index is 0.0287. The number of carbonyl (C=O) groups is 1. The van der Waals surface area contributed by atoms with Crippen LogP contribution in [0.1, 0.15) is 16.1 Å². The summed E-state index contributed by atoms with van der Waals surface area (Å²) in [5, 5.41) is 1.63. The molecule has 0 radical (unpaired) electrons. The Labute approximate surface area is 94.6 Å². The third-order valence-corrected chi connectivity index (χ3v) is 2.65. The largest absolute Gasteiger partial charge is 0.292 e. The Hall–Kier alpha value is -1.62. The lowest BCUT2D eigenvalue weighted by atomic mass is 10.1. The van der Waals surface area contributed by atoms with Crippen LogP contribution in [0, 0.1) is 11.6 Å². The molecule has 2 rings (SSSR count). The van der Waals surface area contributed by atoms with Crippen molar-refractivity contribution in [2.45, 2.75) is 6.42 Å². The van der Waals surface area contributed by atoms with E-state index in [-0.39, 0.29) is 12.2 Å². The third kappa shape index (κ3) is 2.30. The van der Waals surface area contributed by atoms with Crippen molar-refractivity contribution < 1.29 is 13.6 Å². The molecule has 0 fully saturated rings. The van der Waals surface area contributed by atoms with Crippen molar-refractivity contribution in [1.82, 2.24) is 4.98 Å². The predicted molar refractivity (Wildman–Crippen MR) is 56.5 cm³/mol. The first-order valence-corrected chi connectivity index (χ1v) is 5.46. The van der Waals surface area contributed by atoms with Gasteiger partial charge in [0.1, 0.15) is 5.69 Å². The monoisotopic (exact) mass is 239 g/mol. The highest BCUT2D eigenvalue weighted by Crippen LogP contribution is 2.12. The summed E-state index contributed by atoms with van der Waals surface area (Å²) in [5.41, 5.74) is 2.35. The number of hydrogen-bond acceptors (Lipinski definition) is 3. The van der Waals surface area contributed by atoms with Gasteiger partial charge in [0.2, 0.25) is 0 Å². The van der Waals surface area contributed by atoms with Crippen LogP contribution >= 0.6 is 11.3 Å². The second-order valence-corrected chi connectivity index (χ2v) is 3.94. The molecule has 5 heteroatoms. The highest BCUT2D eigenvalue weighted by molar-refractivity contribution is 7.07. The van der Waals surface area contributed by atoms with Crippen molar-refractivity contribution in [3.8, 4) is 0 Å². The number of nitrogens with zero attached hydrogens (tertiary/aromatic N) is 1. The molecule has 1 aromatic carbocycles. The maximum absolute atomic E-state index is 12.9. The first-order valence-electron chi connectivity index (χ1n) is 4.52. The van der Waals surface area contributed by atoms with Gasteiger partial charge in [-0.25, -0.2) is 13.8 Å². The lowest BCUT2D eigenvalue weighted by Gasteiger charge is -1.99. The SMILES string of the molecule is O=C(Cc1ccc(F)c(F)c1)c1cscn1. The molecule has 0 atom stereocenters. The second kappa shape index (κ2) is 4.49. The minimum atomic E-state index is -0.941. The number of halogens is 2. The van der Waals surface area contributed by atoms with Crippen molar-refractivity contribution in [2.24, 2.45) is 0 Å². The summed E-state index contributed by atoms with van der Waals surface area (Å²) < 4.78 is 25.5. The molecule has 0 saturated carbocycles. The number of thiazole rings is 1. The Morgan fingerprint density at radius 3 is 2.75 bits per heavy atom. The zero-order valence-corrected chi connectivity index (χ0v) is 8.93. The van der Waals surface area contributed by atoms with Crippen LogP contribution in [0.25, 0.3) is 0 Å². The molecule has 1 heterocycles. The zero-order valence-electron chi connectivity index (χ0n) is 8.11. The van der Waals surface area contributed by atoms with Crippen LogP contribution in [0.15, 0.2) is 29.1 Å². The first-order chi connectivity index (χ1) is 7.66. The molecule has 0 aliphatic rings. The molecule has 0 N–H and O–H groups in total. The van der Waals surface area contributed by atoms with Crippen LogP contribution in [0.3, 0.4) is 0 Å². The van der Waals surface area contributed by atoms with E-state index >= 15 is 0 Å². The molecule has 0 aliphatic carbocycles. The van der Waals surface area contributed by atoms with Gasteiger partial charge >= 0.3 is 0 Å². The van der Waals surface area contributed by atoms with E-state index in [1.165, 1.54) is 17.4 Å². The second-order valence-electron chi connectivity index (χ2n) is 3.22. The van der Waals surface area contributed by atoms with Gasteiger partial charge in [0, 0.05) is 11.8 Å². The zero-order chi connectivity index (χ0) is 11.5. The van der Waals surface area contributed by atoms with E-state index in [0.717, 1.165) is 12.1 Å². The van der Waals surface area contributed by atoms with Gasteiger partial charge < -0.3 is 0 Å². The summed E-state index contributed by atoms with van der Waals surface area (Å²) in [6.45, 7) is 0. The maximum Gasteiger partial charge on any atom is 0.186 e. The van der Waals surface area contributed by atoms with Crippen molar-refractivity contribution >= 4 is 17.1 Å². The Morgan fingerprint density at radius 2 is 2.12 bits per heavy atom. The lowest BCUT2D eigenvalue weighted by molar-refractivity contribution is 0.0989. The van der Waals surface area contributed by atoms with Crippen LogP contribution in [0.2, 0.25) is 0 Å². The molecule has 82 valence electrons. The number of benzene rings is 1. The maximum atomic E-state index is 12.9.